The Morgan fingerprint density at radius 2 is 2.28 bits per heavy atom. The van der Waals surface area contributed by atoms with E-state index in [1.165, 1.54) is 12.4 Å². The zero-order valence-electron chi connectivity index (χ0n) is 20.5. The van der Waals surface area contributed by atoms with Crippen LogP contribution in [0.1, 0.15) is 49.2 Å². The standard InChI is InChI=1S/C25H28N8O3/c1-4-18-8-17(5-6-35-18)33-23-22-19(7-14(9-26)20(30-22)16-12-29-32(3)13-16)36-24(23)21(31-25(33)34)15(10-27)11-28-2/h7,10-11,13,17-18,29H,4-6,8,12,27H2,1-3H3/t17-,18-/m0/s1. The van der Waals surface area contributed by atoms with E-state index in [9.17, 15) is 10.1 Å². The molecule has 186 valence electrons. The van der Waals surface area contributed by atoms with E-state index in [1.54, 1.807) is 17.7 Å². The lowest BCUT2D eigenvalue weighted by Gasteiger charge is -2.30. The van der Waals surface area contributed by atoms with Crippen molar-refractivity contribution in [2.75, 3.05) is 27.2 Å². The summed E-state index contributed by atoms with van der Waals surface area (Å²) in [5.74, 6) is 0. The first-order valence-corrected chi connectivity index (χ1v) is 11.9. The predicted molar refractivity (Wildman–Crippen MR) is 137 cm³/mol. The number of nitrogens with one attached hydrogen (secondary N) is 1. The molecule has 3 aromatic heterocycles. The number of hydrogen-bond donors (Lipinski definition) is 2. The van der Waals surface area contributed by atoms with Gasteiger partial charge < -0.3 is 19.9 Å². The quantitative estimate of drug-likeness (QED) is 0.516. The van der Waals surface area contributed by atoms with Crippen molar-refractivity contribution in [1.29, 1.82) is 5.26 Å². The number of allylic oxidation sites excluding steroid dienone is 1. The summed E-state index contributed by atoms with van der Waals surface area (Å²) in [6.45, 7) is 3.15. The molecule has 11 heteroatoms. The van der Waals surface area contributed by atoms with Gasteiger partial charge >= 0.3 is 5.69 Å². The molecular weight excluding hydrogens is 460 g/mol. The molecule has 0 aliphatic carbocycles. The molecule has 0 unspecified atom stereocenters. The summed E-state index contributed by atoms with van der Waals surface area (Å²) < 4.78 is 13.8. The normalized spacial score (nSPS) is 21.0. The number of aromatic nitrogens is 3. The van der Waals surface area contributed by atoms with Crippen LogP contribution in [0, 0.1) is 11.3 Å². The Hall–Kier alpha value is -4.01. The highest BCUT2D eigenvalue weighted by Crippen LogP contribution is 2.36. The van der Waals surface area contributed by atoms with Crippen LogP contribution in [0.4, 0.5) is 0 Å². The van der Waals surface area contributed by atoms with Crippen LogP contribution in [-0.4, -0.2) is 59.1 Å². The summed E-state index contributed by atoms with van der Waals surface area (Å²) in [7, 11) is 3.49. The van der Waals surface area contributed by atoms with Gasteiger partial charge in [0, 0.05) is 69.1 Å². The predicted octanol–water partition coefficient (Wildman–Crippen LogP) is 2.33. The summed E-state index contributed by atoms with van der Waals surface area (Å²) in [4.78, 5) is 26.9. The van der Waals surface area contributed by atoms with E-state index >= 15 is 0 Å². The van der Waals surface area contributed by atoms with Gasteiger partial charge in [-0.05, 0) is 19.3 Å². The number of rotatable bonds is 5. The van der Waals surface area contributed by atoms with Crippen LogP contribution < -0.4 is 16.8 Å². The van der Waals surface area contributed by atoms with Crippen molar-refractivity contribution in [3.05, 3.63) is 45.9 Å². The Kier molecular flexibility index (Phi) is 6.30. The van der Waals surface area contributed by atoms with Gasteiger partial charge in [-0.1, -0.05) is 6.92 Å². The second kappa shape index (κ2) is 9.56. The number of fused-ring (bicyclic) bond motifs is 3. The highest BCUT2D eigenvalue weighted by molar-refractivity contribution is 6.15. The average Bonchev–Trinajstić information content (AvgIpc) is 3.49. The molecule has 1 saturated heterocycles. The highest BCUT2D eigenvalue weighted by atomic mass is 16.5. The molecule has 11 nitrogen and oxygen atoms in total. The van der Waals surface area contributed by atoms with Crippen LogP contribution in [0.3, 0.4) is 0 Å². The molecule has 0 spiro atoms. The summed E-state index contributed by atoms with van der Waals surface area (Å²) in [6.07, 6.45) is 7.02. The topological polar surface area (TPSA) is 148 Å². The largest absolute Gasteiger partial charge is 0.450 e. The first kappa shape index (κ1) is 23.7. The fourth-order valence-corrected chi connectivity index (χ4v) is 4.93. The summed E-state index contributed by atoms with van der Waals surface area (Å²) in [5.41, 5.74) is 13.0. The number of furan rings is 1. The number of nitrogens with two attached hydrogens (primary N) is 1. The molecule has 36 heavy (non-hydrogen) atoms. The monoisotopic (exact) mass is 488 g/mol. The molecule has 0 saturated carbocycles. The van der Waals surface area contributed by atoms with Crippen molar-refractivity contribution in [3.8, 4) is 6.07 Å². The van der Waals surface area contributed by atoms with Gasteiger partial charge in [0.05, 0.1) is 17.4 Å². The lowest BCUT2D eigenvalue weighted by atomic mass is 10.0. The van der Waals surface area contributed by atoms with Gasteiger partial charge in [-0.15, -0.1) is 0 Å². The molecule has 3 N–H and O–H groups in total. The first-order valence-electron chi connectivity index (χ1n) is 11.9. The van der Waals surface area contributed by atoms with E-state index < -0.39 is 5.69 Å². The third-order valence-corrected chi connectivity index (χ3v) is 6.68. The van der Waals surface area contributed by atoms with Crippen molar-refractivity contribution < 1.29 is 9.15 Å². The molecule has 2 atom stereocenters. The molecular formula is C25H28N8O3. The van der Waals surface area contributed by atoms with E-state index in [1.807, 2.05) is 18.3 Å². The van der Waals surface area contributed by atoms with Crippen molar-refractivity contribution in [2.24, 2.45) is 10.7 Å². The smallest absolute Gasteiger partial charge is 0.349 e. The molecule has 5 heterocycles. The minimum absolute atomic E-state index is 0.0502. The van der Waals surface area contributed by atoms with E-state index in [-0.39, 0.29) is 17.8 Å². The van der Waals surface area contributed by atoms with E-state index in [0.717, 1.165) is 12.0 Å². The summed E-state index contributed by atoms with van der Waals surface area (Å²) in [5, 5.41) is 11.7. The summed E-state index contributed by atoms with van der Waals surface area (Å²) in [6, 6.07) is 3.77. The number of nitriles is 1. The fraction of sp³-hybridized carbons (Fsp3) is 0.400. The zero-order valence-corrected chi connectivity index (χ0v) is 20.5. The minimum atomic E-state index is -0.417. The Morgan fingerprint density at radius 3 is 2.94 bits per heavy atom. The number of nitrogens with zero attached hydrogens (tertiary/aromatic N) is 6. The first-order chi connectivity index (χ1) is 17.5. The molecule has 0 radical (unpaired) electrons. The molecule has 2 aliphatic rings. The third-order valence-electron chi connectivity index (χ3n) is 6.68. The van der Waals surface area contributed by atoms with Gasteiger partial charge in [0.1, 0.15) is 22.8 Å². The Balaban J connectivity index is 1.86. The minimum Gasteiger partial charge on any atom is -0.450 e. The molecule has 0 bridgehead atoms. The molecule has 1 fully saturated rings. The Morgan fingerprint density at radius 1 is 1.44 bits per heavy atom. The maximum absolute atomic E-state index is 13.6. The van der Waals surface area contributed by atoms with Gasteiger partial charge in [0.25, 0.3) is 0 Å². The molecule has 3 aromatic rings. The van der Waals surface area contributed by atoms with E-state index in [0.29, 0.717) is 65.0 Å². The average molecular weight is 489 g/mol. The van der Waals surface area contributed by atoms with Crippen LogP contribution in [0.15, 0.2) is 32.7 Å². The Bertz CT molecular complexity index is 1520. The molecule has 2 aliphatic heterocycles. The lowest BCUT2D eigenvalue weighted by molar-refractivity contribution is -0.00711. The molecule has 0 aromatic carbocycles. The number of aliphatic imine (C=N–C) groups is 1. The van der Waals surface area contributed by atoms with Crippen molar-refractivity contribution in [1.82, 2.24) is 25.0 Å². The third kappa shape index (κ3) is 3.94. The van der Waals surface area contributed by atoms with Crippen LogP contribution in [0.5, 0.6) is 0 Å². The fourth-order valence-electron chi connectivity index (χ4n) is 4.93. The number of hydrazine groups is 1. The second-order valence-corrected chi connectivity index (χ2v) is 8.92. The lowest BCUT2D eigenvalue weighted by Crippen LogP contribution is -2.34. The Labute approximate surface area is 207 Å². The van der Waals surface area contributed by atoms with Crippen molar-refractivity contribution in [2.45, 2.75) is 38.3 Å². The van der Waals surface area contributed by atoms with Crippen molar-refractivity contribution >= 4 is 39.6 Å². The maximum Gasteiger partial charge on any atom is 0.349 e. The van der Waals surface area contributed by atoms with Gasteiger partial charge in [0.2, 0.25) is 0 Å². The van der Waals surface area contributed by atoms with Gasteiger partial charge in [-0.2, -0.15) is 10.2 Å². The molecule has 5 rings (SSSR count). The highest BCUT2D eigenvalue weighted by Gasteiger charge is 2.30. The second-order valence-electron chi connectivity index (χ2n) is 8.92. The van der Waals surface area contributed by atoms with Crippen LogP contribution in [0.25, 0.3) is 33.3 Å². The van der Waals surface area contributed by atoms with Crippen LogP contribution in [0.2, 0.25) is 0 Å². The van der Waals surface area contributed by atoms with E-state index in [4.69, 9.17) is 19.9 Å². The van der Waals surface area contributed by atoms with E-state index in [2.05, 4.69) is 28.4 Å². The zero-order chi connectivity index (χ0) is 25.4. The number of hydrogen-bond acceptors (Lipinski definition) is 10. The number of ether oxygens (including phenoxy) is 1. The van der Waals surface area contributed by atoms with Crippen LogP contribution in [-0.2, 0) is 4.74 Å². The maximum atomic E-state index is 13.6. The summed E-state index contributed by atoms with van der Waals surface area (Å²) >= 11 is 0. The van der Waals surface area contributed by atoms with Crippen molar-refractivity contribution in [3.63, 3.8) is 0 Å². The van der Waals surface area contributed by atoms with Gasteiger partial charge in [-0.25, -0.2) is 15.2 Å². The number of pyridine rings is 1. The van der Waals surface area contributed by atoms with Gasteiger partial charge in [0.15, 0.2) is 11.2 Å². The van der Waals surface area contributed by atoms with Gasteiger partial charge in [-0.3, -0.25) is 9.56 Å². The molecule has 0 amide bonds. The SMILES string of the molecule is CC[C@H]1C[C@@H](n2c(=O)nc(C(C=NC)=CN)c3oc4cc(C#N)c(C5=CN(C)NC5)nc4c32)CCO1. The van der Waals surface area contributed by atoms with Crippen LogP contribution >= 0.6 is 0 Å².